The molecule has 0 heterocycles. The highest BCUT2D eigenvalue weighted by atomic mass is 16.5. The van der Waals surface area contributed by atoms with Crippen LogP contribution < -0.4 is 10.6 Å². The fraction of sp³-hybridized carbons (Fsp3) is 0.750. The molecule has 116 valence electrons. The van der Waals surface area contributed by atoms with Gasteiger partial charge in [-0.3, -0.25) is 0 Å². The van der Waals surface area contributed by atoms with E-state index < -0.39 is 24.2 Å². The molecular weight excluding hydrogens is 268 g/mol. The molecule has 0 unspecified atom stereocenters. The smallest absolute Gasteiger partial charge is 0.407 e. The van der Waals surface area contributed by atoms with E-state index in [4.69, 9.17) is 9.84 Å². The molecule has 0 radical (unpaired) electrons. The molecule has 2 amide bonds. The number of alkyl carbamates (subject to hydrolysis) is 2. The second-order valence-electron chi connectivity index (χ2n) is 4.09. The molecule has 0 rings (SSSR count). The first-order chi connectivity index (χ1) is 9.51. The average molecular weight is 290 g/mol. The molecule has 0 saturated heterocycles. The fourth-order valence-corrected chi connectivity index (χ4v) is 1.32. The summed E-state index contributed by atoms with van der Waals surface area (Å²) in [7, 11) is 1.15. The maximum atomic E-state index is 11.2. The van der Waals surface area contributed by atoms with E-state index >= 15 is 0 Å². The van der Waals surface area contributed by atoms with Gasteiger partial charge in [-0.05, 0) is 19.3 Å². The van der Waals surface area contributed by atoms with Crippen LogP contribution in [-0.4, -0.2) is 49.6 Å². The van der Waals surface area contributed by atoms with E-state index in [1.54, 1.807) is 0 Å². The van der Waals surface area contributed by atoms with Crippen molar-refractivity contribution in [1.82, 2.24) is 10.6 Å². The molecule has 0 aliphatic carbocycles. The number of carboxylic acids is 1. The van der Waals surface area contributed by atoms with Crippen molar-refractivity contribution in [1.29, 1.82) is 0 Å². The summed E-state index contributed by atoms with van der Waals surface area (Å²) in [5.41, 5.74) is 0. The van der Waals surface area contributed by atoms with Crippen molar-refractivity contribution < 1.29 is 29.0 Å². The van der Waals surface area contributed by atoms with Gasteiger partial charge in [0.25, 0.3) is 0 Å². The number of unbranched alkanes of at least 4 members (excludes halogenated alkanes) is 1. The summed E-state index contributed by atoms with van der Waals surface area (Å²) in [4.78, 5) is 33.0. The van der Waals surface area contributed by atoms with Gasteiger partial charge in [0.05, 0.1) is 13.7 Å². The first-order valence-electron chi connectivity index (χ1n) is 6.49. The van der Waals surface area contributed by atoms with Crippen LogP contribution in [0.1, 0.15) is 32.6 Å². The first kappa shape index (κ1) is 18.0. The van der Waals surface area contributed by atoms with Crippen LogP contribution in [0.3, 0.4) is 0 Å². The summed E-state index contributed by atoms with van der Waals surface area (Å²) in [5, 5.41) is 13.6. The minimum Gasteiger partial charge on any atom is -0.480 e. The number of ether oxygens (including phenoxy) is 2. The number of carboxylic acid groups (broad SMARTS) is 1. The number of carbonyl (C=O) groups excluding carboxylic acids is 2. The van der Waals surface area contributed by atoms with E-state index in [9.17, 15) is 14.4 Å². The van der Waals surface area contributed by atoms with Gasteiger partial charge in [-0.2, -0.15) is 0 Å². The van der Waals surface area contributed by atoms with E-state index in [0.717, 1.165) is 20.0 Å². The van der Waals surface area contributed by atoms with Gasteiger partial charge in [-0.1, -0.05) is 13.3 Å². The SMILES string of the molecule is CCCCOC(=O)NCCC[C@H](NC(=O)OC)C(=O)O. The van der Waals surface area contributed by atoms with Crippen molar-refractivity contribution in [2.45, 2.75) is 38.6 Å². The molecule has 0 aliphatic rings. The molecule has 0 aliphatic heterocycles. The van der Waals surface area contributed by atoms with Crippen LogP contribution in [0.15, 0.2) is 0 Å². The van der Waals surface area contributed by atoms with Crippen LogP contribution in [0.4, 0.5) is 9.59 Å². The Kier molecular flexibility index (Phi) is 9.81. The standard InChI is InChI=1S/C12H22N2O6/c1-3-4-8-20-11(17)13-7-5-6-9(10(15)16)14-12(18)19-2/h9H,3-8H2,1-2H3,(H,13,17)(H,14,18)(H,15,16)/t9-/m0/s1. The topological polar surface area (TPSA) is 114 Å². The molecule has 0 bridgehead atoms. The lowest BCUT2D eigenvalue weighted by atomic mass is 10.1. The number of hydrogen-bond acceptors (Lipinski definition) is 5. The van der Waals surface area contributed by atoms with Crippen molar-refractivity contribution in [2.24, 2.45) is 0 Å². The molecule has 1 atom stereocenters. The van der Waals surface area contributed by atoms with Crippen LogP contribution in [0.25, 0.3) is 0 Å². The van der Waals surface area contributed by atoms with Crippen molar-refractivity contribution >= 4 is 18.2 Å². The third-order valence-electron chi connectivity index (χ3n) is 2.45. The zero-order valence-electron chi connectivity index (χ0n) is 11.8. The Morgan fingerprint density at radius 1 is 1.20 bits per heavy atom. The lowest BCUT2D eigenvalue weighted by Gasteiger charge is -2.13. The molecule has 20 heavy (non-hydrogen) atoms. The van der Waals surface area contributed by atoms with Crippen LogP contribution in [0.2, 0.25) is 0 Å². The van der Waals surface area contributed by atoms with E-state index in [1.165, 1.54) is 0 Å². The van der Waals surface area contributed by atoms with Gasteiger partial charge in [-0.15, -0.1) is 0 Å². The molecule has 3 N–H and O–H groups in total. The Morgan fingerprint density at radius 3 is 2.45 bits per heavy atom. The van der Waals surface area contributed by atoms with Crippen molar-refractivity contribution in [3.63, 3.8) is 0 Å². The molecular formula is C12H22N2O6. The number of carbonyl (C=O) groups is 3. The number of rotatable bonds is 9. The van der Waals surface area contributed by atoms with E-state index in [2.05, 4.69) is 15.4 Å². The second kappa shape index (κ2) is 10.9. The third kappa shape index (κ3) is 9.01. The van der Waals surface area contributed by atoms with Gasteiger partial charge in [0.2, 0.25) is 0 Å². The lowest BCUT2D eigenvalue weighted by Crippen LogP contribution is -2.41. The average Bonchev–Trinajstić information content (AvgIpc) is 2.41. The maximum absolute atomic E-state index is 11.2. The van der Waals surface area contributed by atoms with E-state index in [-0.39, 0.29) is 13.0 Å². The van der Waals surface area contributed by atoms with Crippen LogP contribution in [0, 0.1) is 0 Å². The monoisotopic (exact) mass is 290 g/mol. The molecule has 0 aromatic heterocycles. The minimum atomic E-state index is -1.15. The van der Waals surface area contributed by atoms with Gasteiger partial charge in [0, 0.05) is 6.54 Å². The largest absolute Gasteiger partial charge is 0.480 e. The fourth-order valence-electron chi connectivity index (χ4n) is 1.32. The quantitative estimate of drug-likeness (QED) is 0.548. The van der Waals surface area contributed by atoms with Crippen molar-refractivity contribution in [2.75, 3.05) is 20.3 Å². The summed E-state index contributed by atoms with van der Waals surface area (Å²) >= 11 is 0. The second-order valence-corrected chi connectivity index (χ2v) is 4.09. The van der Waals surface area contributed by atoms with Crippen LogP contribution in [0.5, 0.6) is 0 Å². The number of nitrogens with one attached hydrogen (secondary N) is 2. The highest BCUT2D eigenvalue weighted by Gasteiger charge is 2.19. The number of methoxy groups -OCH3 is 1. The summed E-state index contributed by atoms with van der Waals surface area (Å²) in [6, 6.07) is -1.04. The Balaban J connectivity index is 3.81. The van der Waals surface area contributed by atoms with E-state index in [1.807, 2.05) is 6.92 Å². The Hall–Kier alpha value is -1.99. The zero-order chi connectivity index (χ0) is 15.4. The summed E-state index contributed by atoms with van der Waals surface area (Å²) in [5.74, 6) is -1.15. The predicted octanol–water partition coefficient (Wildman–Crippen LogP) is 1.10. The summed E-state index contributed by atoms with van der Waals surface area (Å²) < 4.78 is 9.19. The Bertz CT molecular complexity index is 321. The van der Waals surface area contributed by atoms with Crippen LogP contribution >= 0.6 is 0 Å². The van der Waals surface area contributed by atoms with Crippen molar-refractivity contribution in [3.05, 3.63) is 0 Å². The van der Waals surface area contributed by atoms with Gasteiger partial charge in [0.15, 0.2) is 0 Å². The molecule has 0 fully saturated rings. The molecule has 8 nitrogen and oxygen atoms in total. The minimum absolute atomic E-state index is 0.180. The molecule has 0 aromatic rings. The highest BCUT2D eigenvalue weighted by Crippen LogP contribution is 1.98. The van der Waals surface area contributed by atoms with Gasteiger partial charge in [-0.25, -0.2) is 14.4 Å². The van der Waals surface area contributed by atoms with E-state index in [0.29, 0.717) is 13.0 Å². The van der Waals surface area contributed by atoms with Gasteiger partial charge >= 0.3 is 18.2 Å². The lowest BCUT2D eigenvalue weighted by molar-refractivity contribution is -0.139. The Morgan fingerprint density at radius 2 is 1.90 bits per heavy atom. The summed E-state index contributed by atoms with van der Waals surface area (Å²) in [6.07, 6.45) is 0.990. The van der Waals surface area contributed by atoms with Crippen LogP contribution in [-0.2, 0) is 14.3 Å². The predicted molar refractivity (Wildman–Crippen MR) is 70.5 cm³/mol. The molecule has 0 spiro atoms. The molecule has 0 saturated carbocycles. The number of aliphatic carboxylic acids is 1. The molecule has 0 aromatic carbocycles. The summed E-state index contributed by atoms with van der Waals surface area (Å²) in [6.45, 7) is 2.63. The van der Waals surface area contributed by atoms with Gasteiger partial charge in [0.1, 0.15) is 6.04 Å². The Labute approximate surface area is 117 Å². The highest BCUT2D eigenvalue weighted by molar-refractivity contribution is 5.79. The maximum Gasteiger partial charge on any atom is 0.407 e. The first-order valence-corrected chi connectivity index (χ1v) is 6.49. The number of amides is 2. The number of hydrogen-bond donors (Lipinski definition) is 3. The zero-order valence-corrected chi connectivity index (χ0v) is 11.8. The molecule has 8 heteroatoms. The van der Waals surface area contributed by atoms with Gasteiger partial charge < -0.3 is 25.2 Å². The van der Waals surface area contributed by atoms with Crippen molar-refractivity contribution in [3.8, 4) is 0 Å². The third-order valence-corrected chi connectivity index (χ3v) is 2.45. The normalized spacial score (nSPS) is 11.3.